The van der Waals surface area contributed by atoms with Crippen LogP contribution in [0.3, 0.4) is 0 Å². The molecule has 0 aromatic heterocycles. The molecule has 21 heavy (non-hydrogen) atoms. The maximum Gasteiger partial charge on any atom is 0.306 e. The molecule has 120 valence electrons. The van der Waals surface area contributed by atoms with E-state index in [1.165, 1.54) is 7.11 Å². The molecule has 0 aromatic carbocycles. The minimum Gasteiger partial charge on any atom is -0.469 e. The van der Waals surface area contributed by atoms with Crippen LogP contribution in [-0.2, 0) is 24.2 Å². The average Bonchev–Trinajstić information content (AvgIpc) is 2.90. The first-order chi connectivity index (χ1) is 9.84. The Labute approximate surface area is 125 Å². The van der Waals surface area contributed by atoms with Crippen LogP contribution in [0.5, 0.6) is 0 Å². The number of carbonyl (C=O) groups is 2. The monoisotopic (exact) mass is 317 g/mol. The summed E-state index contributed by atoms with van der Waals surface area (Å²) in [6.45, 7) is 0. The fourth-order valence-electron chi connectivity index (χ4n) is 2.98. The number of nitrogens with one attached hydrogen (secondary N) is 1. The summed E-state index contributed by atoms with van der Waals surface area (Å²) >= 11 is 0. The highest BCUT2D eigenvalue weighted by Crippen LogP contribution is 2.50. The number of carbonyl (C=O) groups excluding carboxylic acids is 2. The minimum atomic E-state index is -3.49. The molecular formula is C14H23NO5S. The third-order valence-corrected chi connectivity index (χ3v) is 6.06. The van der Waals surface area contributed by atoms with Crippen LogP contribution in [0.4, 0.5) is 0 Å². The Balaban J connectivity index is 1.84. The van der Waals surface area contributed by atoms with E-state index in [9.17, 15) is 18.0 Å². The van der Waals surface area contributed by atoms with Crippen molar-refractivity contribution in [1.29, 1.82) is 0 Å². The Morgan fingerprint density at radius 2 is 1.86 bits per heavy atom. The van der Waals surface area contributed by atoms with Gasteiger partial charge in [0.15, 0.2) is 9.84 Å². The number of rotatable bonds is 7. The van der Waals surface area contributed by atoms with E-state index in [1.54, 1.807) is 0 Å². The molecule has 1 amide bonds. The van der Waals surface area contributed by atoms with Gasteiger partial charge in [-0.15, -0.1) is 0 Å². The SMILES string of the molecule is COC(=O)CC1(CS(=O)(=O)CC(=O)NC2CCCC2)CC1. The molecule has 0 radical (unpaired) electrons. The normalized spacial score (nSPS) is 21.0. The van der Waals surface area contributed by atoms with Gasteiger partial charge in [0, 0.05) is 6.04 Å². The number of methoxy groups -OCH3 is 1. The van der Waals surface area contributed by atoms with Crippen molar-refractivity contribution in [2.24, 2.45) is 5.41 Å². The molecule has 0 unspecified atom stereocenters. The van der Waals surface area contributed by atoms with E-state index in [4.69, 9.17) is 0 Å². The fraction of sp³-hybridized carbons (Fsp3) is 0.857. The quantitative estimate of drug-likeness (QED) is 0.702. The summed E-state index contributed by atoms with van der Waals surface area (Å²) in [6, 6.07) is 0.123. The Hall–Kier alpha value is -1.11. The standard InChI is InChI=1S/C14H23NO5S/c1-20-13(17)8-14(6-7-14)10-21(18,19)9-12(16)15-11-4-2-3-5-11/h11H,2-10H2,1H3,(H,15,16). The van der Waals surface area contributed by atoms with Crippen molar-refractivity contribution >= 4 is 21.7 Å². The highest BCUT2D eigenvalue weighted by atomic mass is 32.2. The average molecular weight is 317 g/mol. The van der Waals surface area contributed by atoms with E-state index in [0.717, 1.165) is 25.7 Å². The zero-order valence-electron chi connectivity index (χ0n) is 12.4. The second-order valence-electron chi connectivity index (χ2n) is 6.33. The van der Waals surface area contributed by atoms with Crippen LogP contribution in [0, 0.1) is 5.41 Å². The summed E-state index contributed by atoms with van der Waals surface area (Å²) < 4.78 is 28.9. The molecule has 0 aromatic rings. The summed E-state index contributed by atoms with van der Waals surface area (Å²) in [5.74, 6) is -1.39. The summed E-state index contributed by atoms with van der Waals surface area (Å²) in [7, 11) is -2.20. The molecule has 2 rings (SSSR count). The van der Waals surface area contributed by atoms with Crippen molar-refractivity contribution in [3.8, 4) is 0 Å². The molecule has 0 saturated heterocycles. The lowest BCUT2D eigenvalue weighted by atomic mass is 10.1. The molecule has 2 saturated carbocycles. The smallest absolute Gasteiger partial charge is 0.306 e. The predicted molar refractivity (Wildman–Crippen MR) is 77.4 cm³/mol. The van der Waals surface area contributed by atoms with Crippen LogP contribution in [-0.4, -0.2) is 45.0 Å². The van der Waals surface area contributed by atoms with Crippen LogP contribution < -0.4 is 5.32 Å². The number of ether oxygens (including phenoxy) is 1. The van der Waals surface area contributed by atoms with E-state index in [0.29, 0.717) is 12.8 Å². The number of hydrogen-bond donors (Lipinski definition) is 1. The third kappa shape index (κ3) is 4.98. The zero-order valence-corrected chi connectivity index (χ0v) is 13.2. The van der Waals surface area contributed by atoms with Gasteiger partial charge in [0.1, 0.15) is 5.75 Å². The first kappa shape index (κ1) is 16.3. The summed E-state index contributed by atoms with van der Waals surface area (Å²) in [5.41, 5.74) is -0.500. The number of sulfone groups is 1. The van der Waals surface area contributed by atoms with Crippen LogP contribution in [0.1, 0.15) is 44.9 Å². The van der Waals surface area contributed by atoms with Gasteiger partial charge in [-0.1, -0.05) is 12.8 Å². The molecule has 0 atom stereocenters. The Bertz CT molecular complexity index is 503. The van der Waals surface area contributed by atoms with E-state index < -0.39 is 32.9 Å². The molecule has 0 aliphatic heterocycles. The largest absolute Gasteiger partial charge is 0.469 e. The third-order valence-electron chi connectivity index (χ3n) is 4.30. The molecule has 2 fully saturated rings. The topological polar surface area (TPSA) is 89.5 Å². The lowest BCUT2D eigenvalue weighted by Crippen LogP contribution is -2.38. The van der Waals surface area contributed by atoms with Gasteiger partial charge >= 0.3 is 5.97 Å². The molecule has 0 heterocycles. The van der Waals surface area contributed by atoms with Gasteiger partial charge in [-0.3, -0.25) is 9.59 Å². The van der Waals surface area contributed by atoms with Gasteiger partial charge in [-0.05, 0) is 31.1 Å². The fourth-order valence-corrected chi connectivity index (χ4v) is 4.89. The Morgan fingerprint density at radius 1 is 1.24 bits per heavy atom. The highest BCUT2D eigenvalue weighted by Gasteiger charge is 2.48. The van der Waals surface area contributed by atoms with Gasteiger partial charge in [-0.2, -0.15) is 0 Å². The molecule has 6 nitrogen and oxygen atoms in total. The maximum absolute atomic E-state index is 12.1. The summed E-state index contributed by atoms with van der Waals surface area (Å²) in [6.07, 6.45) is 5.54. The molecular weight excluding hydrogens is 294 g/mol. The van der Waals surface area contributed by atoms with Crippen LogP contribution >= 0.6 is 0 Å². The van der Waals surface area contributed by atoms with Crippen molar-refractivity contribution in [2.45, 2.75) is 51.0 Å². The molecule has 2 aliphatic rings. The summed E-state index contributed by atoms with van der Waals surface area (Å²) in [5, 5.41) is 2.78. The van der Waals surface area contributed by atoms with Crippen molar-refractivity contribution in [1.82, 2.24) is 5.32 Å². The van der Waals surface area contributed by atoms with Gasteiger partial charge in [0.05, 0.1) is 19.3 Å². The highest BCUT2D eigenvalue weighted by molar-refractivity contribution is 7.92. The van der Waals surface area contributed by atoms with Crippen molar-refractivity contribution < 1.29 is 22.7 Å². The van der Waals surface area contributed by atoms with Crippen molar-refractivity contribution in [3.05, 3.63) is 0 Å². The van der Waals surface area contributed by atoms with E-state index >= 15 is 0 Å². The lowest BCUT2D eigenvalue weighted by Gasteiger charge is -2.15. The van der Waals surface area contributed by atoms with E-state index in [2.05, 4.69) is 10.1 Å². The number of hydrogen-bond acceptors (Lipinski definition) is 5. The minimum absolute atomic E-state index is 0.104. The second kappa shape index (κ2) is 6.34. The van der Waals surface area contributed by atoms with Crippen molar-refractivity contribution in [3.63, 3.8) is 0 Å². The second-order valence-corrected chi connectivity index (χ2v) is 8.40. The van der Waals surface area contributed by atoms with Crippen LogP contribution in [0.15, 0.2) is 0 Å². The Morgan fingerprint density at radius 3 is 2.38 bits per heavy atom. The predicted octanol–water partition coefficient (Wildman–Crippen LogP) is 0.803. The van der Waals surface area contributed by atoms with Gasteiger partial charge < -0.3 is 10.1 Å². The molecule has 0 bridgehead atoms. The summed E-state index contributed by atoms with van der Waals surface area (Å²) in [4.78, 5) is 23.1. The van der Waals surface area contributed by atoms with Gasteiger partial charge in [0.2, 0.25) is 5.91 Å². The van der Waals surface area contributed by atoms with Crippen LogP contribution in [0.25, 0.3) is 0 Å². The van der Waals surface area contributed by atoms with Gasteiger partial charge in [-0.25, -0.2) is 8.42 Å². The lowest BCUT2D eigenvalue weighted by molar-refractivity contribution is -0.141. The molecule has 1 N–H and O–H groups in total. The zero-order chi connectivity index (χ0) is 15.5. The Kier molecular flexibility index (Phi) is 4.91. The van der Waals surface area contributed by atoms with Gasteiger partial charge in [0.25, 0.3) is 0 Å². The van der Waals surface area contributed by atoms with Crippen LogP contribution in [0.2, 0.25) is 0 Å². The molecule has 0 spiro atoms. The first-order valence-electron chi connectivity index (χ1n) is 7.41. The first-order valence-corrected chi connectivity index (χ1v) is 9.23. The number of amides is 1. The molecule has 7 heteroatoms. The van der Waals surface area contributed by atoms with E-state index in [1.807, 2.05) is 0 Å². The maximum atomic E-state index is 12.1. The van der Waals surface area contributed by atoms with E-state index in [-0.39, 0.29) is 18.2 Å². The molecule has 2 aliphatic carbocycles. The van der Waals surface area contributed by atoms with Crippen molar-refractivity contribution in [2.75, 3.05) is 18.6 Å². The number of esters is 1.